The van der Waals surface area contributed by atoms with Gasteiger partial charge >= 0.3 is 0 Å². The number of nitrogens with one attached hydrogen (secondary N) is 1. The van der Waals surface area contributed by atoms with E-state index in [-0.39, 0.29) is 0 Å². The lowest BCUT2D eigenvalue weighted by molar-refractivity contribution is 0.0589. The van der Waals surface area contributed by atoms with Crippen molar-refractivity contribution < 1.29 is 4.74 Å². The maximum absolute atomic E-state index is 5.67. The first-order chi connectivity index (χ1) is 6.77. The Morgan fingerprint density at radius 1 is 1.29 bits per heavy atom. The Kier molecular flexibility index (Phi) is 3.42. The summed E-state index contributed by atoms with van der Waals surface area (Å²) in [7, 11) is 0. The van der Waals surface area contributed by atoms with E-state index in [0.717, 1.165) is 31.7 Å². The first-order valence-corrected chi connectivity index (χ1v) is 5.83. The van der Waals surface area contributed by atoms with Gasteiger partial charge in [0.1, 0.15) is 0 Å². The quantitative estimate of drug-likeness (QED) is 0.671. The van der Waals surface area contributed by atoms with E-state index in [1.54, 1.807) is 0 Å². The first-order valence-electron chi connectivity index (χ1n) is 5.83. The van der Waals surface area contributed by atoms with Crippen LogP contribution in [-0.4, -0.2) is 49.8 Å². The van der Waals surface area contributed by atoms with Crippen molar-refractivity contribution in [1.82, 2.24) is 10.2 Å². The molecule has 0 spiro atoms. The highest BCUT2D eigenvalue weighted by Crippen LogP contribution is 2.18. The monoisotopic (exact) mass is 198 g/mol. The van der Waals surface area contributed by atoms with E-state index in [0.29, 0.717) is 6.10 Å². The normalized spacial score (nSPS) is 41.1. The number of hydrogen-bond acceptors (Lipinski definition) is 3. The molecule has 0 amide bonds. The van der Waals surface area contributed by atoms with Gasteiger partial charge in [-0.2, -0.15) is 0 Å². The van der Waals surface area contributed by atoms with E-state index in [9.17, 15) is 0 Å². The minimum Gasteiger partial charge on any atom is -0.377 e. The summed E-state index contributed by atoms with van der Waals surface area (Å²) in [6.45, 7) is 10.1. The molecule has 82 valence electrons. The molecule has 1 N–H and O–H groups in total. The second-order valence-electron chi connectivity index (χ2n) is 4.73. The standard InChI is InChI=1S/C11H22N2O/c1-9-6-12-7-11(9)13-4-3-5-14-10(2)8-13/h9-12H,3-8H2,1-2H3. The third kappa shape index (κ3) is 2.27. The van der Waals surface area contributed by atoms with Crippen molar-refractivity contribution in [2.75, 3.05) is 32.8 Å². The molecule has 0 aromatic carbocycles. The highest BCUT2D eigenvalue weighted by molar-refractivity contribution is 4.87. The molecule has 3 heteroatoms. The zero-order valence-electron chi connectivity index (χ0n) is 9.33. The van der Waals surface area contributed by atoms with Crippen molar-refractivity contribution in [3.05, 3.63) is 0 Å². The highest BCUT2D eigenvalue weighted by Gasteiger charge is 2.30. The summed E-state index contributed by atoms with van der Waals surface area (Å²) in [4.78, 5) is 2.61. The molecule has 14 heavy (non-hydrogen) atoms. The highest BCUT2D eigenvalue weighted by atomic mass is 16.5. The van der Waals surface area contributed by atoms with Crippen LogP contribution >= 0.6 is 0 Å². The van der Waals surface area contributed by atoms with E-state index < -0.39 is 0 Å². The van der Waals surface area contributed by atoms with Gasteiger partial charge in [-0.1, -0.05) is 6.92 Å². The van der Waals surface area contributed by atoms with Gasteiger partial charge in [0.25, 0.3) is 0 Å². The SMILES string of the molecule is CC1CN(C2CNCC2C)CCCO1. The van der Waals surface area contributed by atoms with Gasteiger partial charge in [-0.25, -0.2) is 0 Å². The van der Waals surface area contributed by atoms with Crippen LogP contribution in [-0.2, 0) is 4.74 Å². The molecular formula is C11H22N2O. The zero-order valence-corrected chi connectivity index (χ0v) is 9.33. The van der Waals surface area contributed by atoms with Crippen LogP contribution in [0.25, 0.3) is 0 Å². The maximum Gasteiger partial charge on any atom is 0.0674 e. The molecule has 2 fully saturated rings. The maximum atomic E-state index is 5.67. The lowest BCUT2D eigenvalue weighted by atomic mass is 10.0. The van der Waals surface area contributed by atoms with Crippen LogP contribution in [0.1, 0.15) is 20.3 Å². The fourth-order valence-corrected chi connectivity index (χ4v) is 2.61. The van der Waals surface area contributed by atoms with E-state index in [4.69, 9.17) is 4.74 Å². The number of ether oxygens (including phenoxy) is 1. The van der Waals surface area contributed by atoms with Crippen molar-refractivity contribution in [3.63, 3.8) is 0 Å². The molecular weight excluding hydrogens is 176 g/mol. The van der Waals surface area contributed by atoms with Crippen LogP contribution in [0.5, 0.6) is 0 Å². The summed E-state index contributed by atoms with van der Waals surface area (Å²) in [6, 6.07) is 0.735. The van der Waals surface area contributed by atoms with Crippen LogP contribution in [0.15, 0.2) is 0 Å². The van der Waals surface area contributed by atoms with Gasteiger partial charge in [-0.15, -0.1) is 0 Å². The van der Waals surface area contributed by atoms with Crippen molar-refractivity contribution in [3.8, 4) is 0 Å². The molecule has 0 saturated carbocycles. The Morgan fingerprint density at radius 2 is 2.14 bits per heavy atom. The largest absolute Gasteiger partial charge is 0.377 e. The minimum absolute atomic E-state index is 0.408. The molecule has 2 aliphatic heterocycles. The van der Waals surface area contributed by atoms with Crippen LogP contribution in [0.4, 0.5) is 0 Å². The summed E-state index contributed by atoms with van der Waals surface area (Å²) in [5.74, 6) is 0.792. The van der Waals surface area contributed by atoms with Crippen molar-refractivity contribution in [2.45, 2.75) is 32.4 Å². The summed E-state index contributed by atoms with van der Waals surface area (Å²) >= 11 is 0. The summed E-state index contributed by atoms with van der Waals surface area (Å²) in [5.41, 5.74) is 0. The zero-order chi connectivity index (χ0) is 9.97. The molecule has 0 aromatic rings. The van der Waals surface area contributed by atoms with Gasteiger partial charge in [0.05, 0.1) is 6.10 Å². The first kappa shape index (κ1) is 10.4. The summed E-state index contributed by atoms with van der Waals surface area (Å²) in [6.07, 6.45) is 1.60. The van der Waals surface area contributed by atoms with Gasteiger partial charge in [-0.3, -0.25) is 4.90 Å². The second kappa shape index (κ2) is 4.60. The van der Waals surface area contributed by atoms with Gasteiger partial charge in [0.2, 0.25) is 0 Å². The van der Waals surface area contributed by atoms with Gasteiger partial charge < -0.3 is 10.1 Å². The number of rotatable bonds is 1. The molecule has 0 aliphatic carbocycles. The smallest absolute Gasteiger partial charge is 0.0674 e. The van der Waals surface area contributed by atoms with E-state index in [1.807, 2.05) is 0 Å². The fraction of sp³-hybridized carbons (Fsp3) is 1.00. The van der Waals surface area contributed by atoms with Crippen LogP contribution in [0, 0.1) is 5.92 Å². The van der Waals surface area contributed by atoms with Crippen molar-refractivity contribution in [2.24, 2.45) is 5.92 Å². The lowest BCUT2D eigenvalue weighted by Gasteiger charge is -2.30. The summed E-state index contributed by atoms with van der Waals surface area (Å²) in [5, 5.41) is 3.47. The van der Waals surface area contributed by atoms with E-state index >= 15 is 0 Å². The Hall–Kier alpha value is -0.120. The molecule has 0 bridgehead atoms. The summed E-state index contributed by atoms with van der Waals surface area (Å²) < 4.78 is 5.67. The van der Waals surface area contributed by atoms with Crippen molar-refractivity contribution >= 4 is 0 Å². The Morgan fingerprint density at radius 3 is 2.86 bits per heavy atom. The van der Waals surface area contributed by atoms with E-state index in [2.05, 4.69) is 24.1 Å². The molecule has 0 radical (unpaired) electrons. The van der Waals surface area contributed by atoms with E-state index in [1.165, 1.54) is 19.5 Å². The van der Waals surface area contributed by atoms with Gasteiger partial charge in [0.15, 0.2) is 0 Å². The molecule has 3 atom stereocenters. The van der Waals surface area contributed by atoms with Crippen LogP contribution < -0.4 is 5.32 Å². The lowest BCUT2D eigenvalue weighted by Crippen LogP contribution is -2.43. The molecule has 3 unspecified atom stereocenters. The van der Waals surface area contributed by atoms with Gasteiger partial charge in [0, 0.05) is 32.3 Å². The molecule has 2 rings (SSSR count). The second-order valence-corrected chi connectivity index (χ2v) is 4.73. The molecule has 3 nitrogen and oxygen atoms in total. The van der Waals surface area contributed by atoms with Crippen LogP contribution in [0.3, 0.4) is 0 Å². The molecule has 2 saturated heterocycles. The molecule has 2 aliphatic rings. The Balaban J connectivity index is 1.94. The molecule has 2 heterocycles. The third-order valence-electron chi connectivity index (χ3n) is 3.43. The average Bonchev–Trinajstić information content (AvgIpc) is 2.45. The van der Waals surface area contributed by atoms with Crippen molar-refractivity contribution in [1.29, 1.82) is 0 Å². The number of nitrogens with zero attached hydrogens (tertiary/aromatic N) is 1. The third-order valence-corrected chi connectivity index (χ3v) is 3.43. The minimum atomic E-state index is 0.408. The van der Waals surface area contributed by atoms with Gasteiger partial charge in [-0.05, 0) is 25.8 Å². The molecule has 0 aromatic heterocycles. The number of hydrogen-bond donors (Lipinski definition) is 1. The Bertz CT molecular complexity index is 186. The average molecular weight is 198 g/mol. The predicted octanol–water partition coefficient (Wildman–Crippen LogP) is 0.705. The predicted molar refractivity (Wildman–Crippen MR) is 57.4 cm³/mol. The fourth-order valence-electron chi connectivity index (χ4n) is 2.61. The Labute approximate surface area is 86.8 Å². The van der Waals surface area contributed by atoms with Crippen LogP contribution in [0.2, 0.25) is 0 Å². The topological polar surface area (TPSA) is 24.5 Å².